The summed E-state index contributed by atoms with van der Waals surface area (Å²) in [6.45, 7) is 4.46. The second-order valence-electron chi connectivity index (χ2n) is 15.8. The zero-order valence-corrected chi connectivity index (χ0v) is 31.8. The maximum atomic E-state index is 13.7. The Morgan fingerprint density at radius 1 is 0.909 bits per heavy atom. The molecule has 1 spiro atoms. The number of rotatable bonds is 6. The van der Waals surface area contributed by atoms with Crippen LogP contribution in [0, 0.1) is 5.41 Å². The molecule has 1 aromatic heterocycles. The van der Waals surface area contributed by atoms with Crippen LogP contribution < -0.4 is 21.1 Å². The molecular formula is C40H45ClN8O6. The van der Waals surface area contributed by atoms with Gasteiger partial charge in [-0.15, -0.1) is 0 Å². The molecule has 4 fully saturated rings. The Labute approximate surface area is 323 Å². The van der Waals surface area contributed by atoms with Gasteiger partial charge in [-0.1, -0.05) is 29.8 Å². The third-order valence-corrected chi connectivity index (χ3v) is 12.8. The highest BCUT2D eigenvalue weighted by Crippen LogP contribution is 2.44. The van der Waals surface area contributed by atoms with Crippen molar-refractivity contribution in [2.24, 2.45) is 12.5 Å². The van der Waals surface area contributed by atoms with Gasteiger partial charge in [-0.05, 0) is 86.7 Å². The predicted molar refractivity (Wildman–Crippen MR) is 205 cm³/mol. The second kappa shape index (κ2) is 14.5. The first-order chi connectivity index (χ1) is 26.4. The van der Waals surface area contributed by atoms with E-state index >= 15 is 0 Å². The van der Waals surface area contributed by atoms with Crippen LogP contribution in [0.5, 0.6) is 0 Å². The summed E-state index contributed by atoms with van der Waals surface area (Å²) in [6.07, 6.45) is 6.23. The average molecular weight is 769 g/mol. The standard InChI is InChI=1S/C40H45ClN8O6/c1-45-22-26(20-27(23-45)43-29-21-42-46(2)39(55)34(29)41)24-6-8-25(9-7-24)36(52)48-18-14-40(15-19-48)12-16-47(17-13-40)30-5-3-4-28-33(30)38(54)49(37(28)53)31-10-11-32(50)44-35(31)51/h3-9,21,26-27,31,43H,10-20,22-23H2,1-2H3,(H,44,50,51). The van der Waals surface area contributed by atoms with E-state index in [4.69, 9.17) is 11.6 Å². The Morgan fingerprint density at radius 2 is 1.62 bits per heavy atom. The number of hydrogen-bond acceptors (Lipinski definition) is 10. The maximum absolute atomic E-state index is 13.7. The molecule has 0 radical (unpaired) electrons. The van der Waals surface area contributed by atoms with Crippen LogP contribution in [0.1, 0.15) is 87.5 Å². The van der Waals surface area contributed by atoms with E-state index in [0.29, 0.717) is 54.2 Å². The van der Waals surface area contributed by atoms with Crippen LogP contribution in [0.25, 0.3) is 0 Å². The van der Waals surface area contributed by atoms with Crippen molar-refractivity contribution in [2.75, 3.05) is 56.5 Å². The van der Waals surface area contributed by atoms with E-state index in [2.05, 4.69) is 44.7 Å². The van der Waals surface area contributed by atoms with E-state index in [9.17, 15) is 28.8 Å². The van der Waals surface area contributed by atoms with Crippen molar-refractivity contribution < 1.29 is 24.0 Å². The molecule has 6 heterocycles. The van der Waals surface area contributed by atoms with Gasteiger partial charge in [0.2, 0.25) is 11.8 Å². The first-order valence-corrected chi connectivity index (χ1v) is 19.4. The minimum atomic E-state index is -0.999. The van der Waals surface area contributed by atoms with Gasteiger partial charge in [0.15, 0.2) is 0 Å². The molecule has 3 aromatic rings. The van der Waals surface area contributed by atoms with E-state index in [1.807, 2.05) is 23.1 Å². The lowest BCUT2D eigenvalue weighted by atomic mass is 9.71. The number of carbonyl (C=O) groups is 5. The number of anilines is 2. The number of hydrogen-bond donors (Lipinski definition) is 2. The highest BCUT2D eigenvalue weighted by atomic mass is 35.5. The number of likely N-dealkylation sites (N-methyl/N-ethyl adjacent to an activating group) is 1. The molecule has 2 N–H and O–H groups in total. The number of carbonyl (C=O) groups excluding carboxylic acids is 5. The van der Waals surface area contributed by atoms with Gasteiger partial charge in [-0.3, -0.25) is 39.0 Å². The largest absolute Gasteiger partial charge is 0.378 e. The SMILES string of the molecule is CN1CC(Nc2cnn(C)c(=O)c2Cl)CC(c2ccc(C(=O)N3CCC4(CC3)CCN(c3cccc5c3C(=O)N(C3CCC(=O)NC3=O)C5=O)CC4)cc2)C1. The molecule has 5 amide bonds. The van der Waals surface area contributed by atoms with Crippen molar-refractivity contribution >= 4 is 52.5 Å². The molecular weight excluding hydrogens is 724 g/mol. The summed E-state index contributed by atoms with van der Waals surface area (Å²) in [6, 6.07) is 12.3. The van der Waals surface area contributed by atoms with Crippen molar-refractivity contribution in [3.05, 3.63) is 86.3 Å². The molecule has 5 aliphatic heterocycles. The van der Waals surface area contributed by atoms with Crippen molar-refractivity contribution in [1.82, 2.24) is 29.8 Å². The highest BCUT2D eigenvalue weighted by Gasteiger charge is 2.47. The Bertz CT molecular complexity index is 2120. The van der Waals surface area contributed by atoms with Crippen LogP contribution >= 0.6 is 11.6 Å². The van der Waals surface area contributed by atoms with Crippen LogP contribution in [-0.4, -0.2) is 112 Å². The van der Waals surface area contributed by atoms with Gasteiger partial charge in [0, 0.05) is 64.3 Å². The summed E-state index contributed by atoms with van der Waals surface area (Å²) < 4.78 is 1.22. The first kappa shape index (κ1) is 36.9. The van der Waals surface area contributed by atoms with E-state index in [1.165, 1.54) is 4.68 Å². The number of nitrogens with zero attached hydrogens (tertiary/aromatic N) is 6. The third kappa shape index (κ3) is 6.90. The zero-order valence-electron chi connectivity index (χ0n) is 31.1. The fraction of sp³-hybridized carbons (Fsp3) is 0.475. The third-order valence-electron chi connectivity index (χ3n) is 12.4. The summed E-state index contributed by atoms with van der Waals surface area (Å²) in [7, 11) is 3.64. The number of piperidine rings is 4. The topological polar surface area (TPSA) is 157 Å². The molecule has 0 aliphatic carbocycles. The van der Waals surface area contributed by atoms with Gasteiger partial charge in [0.1, 0.15) is 11.1 Å². The number of aromatic nitrogens is 2. The molecule has 0 bridgehead atoms. The quantitative estimate of drug-likeness (QED) is 0.357. The molecule has 15 heteroatoms. The molecule has 288 valence electrons. The van der Waals surface area contributed by atoms with Crippen molar-refractivity contribution in [3.8, 4) is 0 Å². The van der Waals surface area contributed by atoms with Gasteiger partial charge in [0.25, 0.3) is 23.3 Å². The Kier molecular flexibility index (Phi) is 9.74. The van der Waals surface area contributed by atoms with E-state index < -0.39 is 29.7 Å². The maximum Gasteiger partial charge on any atom is 0.287 e. The average Bonchev–Trinajstić information content (AvgIpc) is 3.44. The number of aryl methyl sites for hydroxylation is 1. The predicted octanol–water partition coefficient (Wildman–Crippen LogP) is 3.26. The second-order valence-corrected chi connectivity index (χ2v) is 16.2. The first-order valence-electron chi connectivity index (χ1n) is 19.1. The van der Waals surface area contributed by atoms with Crippen LogP contribution in [-0.2, 0) is 16.6 Å². The smallest absolute Gasteiger partial charge is 0.287 e. The highest BCUT2D eigenvalue weighted by molar-refractivity contribution is 6.33. The number of benzene rings is 2. The molecule has 4 saturated heterocycles. The van der Waals surface area contributed by atoms with Crippen LogP contribution in [0.4, 0.5) is 11.4 Å². The molecule has 3 unspecified atom stereocenters. The Balaban J connectivity index is 0.862. The van der Waals surface area contributed by atoms with Crippen LogP contribution in [0.3, 0.4) is 0 Å². The normalized spacial score (nSPS) is 24.3. The van der Waals surface area contributed by atoms with Crippen molar-refractivity contribution in [2.45, 2.75) is 62.9 Å². The number of imide groups is 2. The van der Waals surface area contributed by atoms with E-state index in [-0.39, 0.29) is 46.7 Å². The number of fused-ring (bicyclic) bond motifs is 1. The van der Waals surface area contributed by atoms with E-state index in [0.717, 1.165) is 55.7 Å². The molecule has 14 nitrogen and oxygen atoms in total. The fourth-order valence-electron chi connectivity index (χ4n) is 9.24. The number of nitrogens with one attached hydrogen (secondary N) is 2. The lowest BCUT2D eigenvalue weighted by Crippen LogP contribution is -2.54. The number of amides is 5. The number of halogens is 1. The van der Waals surface area contributed by atoms with Gasteiger partial charge in [-0.25, -0.2) is 4.68 Å². The molecule has 3 atom stereocenters. The Morgan fingerprint density at radius 3 is 2.33 bits per heavy atom. The van der Waals surface area contributed by atoms with E-state index in [1.54, 1.807) is 25.4 Å². The summed E-state index contributed by atoms with van der Waals surface area (Å²) in [5, 5.41) is 9.92. The van der Waals surface area contributed by atoms with Crippen LogP contribution in [0.15, 0.2) is 53.5 Å². The molecule has 2 aromatic carbocycles. The Hall–Kier alpha value is -5.08. The summed E-state index contributed by atoms with van der Waals surface area (Å²) >= 11 is 6.32. The minimum absolute atomic E-state index is 0.0375. The molecule has 8 rings (SSSR count). The van der Waals surface area contributed by atoms with Gasteiger partial charge < -0.3 is 20.0 Å². The summed E-state index contributed by atoms with van der Waals surface area (Å²) in [5.74, 6) is -1.73. The number of likely N-dealkylation sites (tertiary alicyclic amines) is 2. The lowest BCUT2D eigenvalue weighted by Gasteiger charge is -2.47. The monoisotopic (exact) mass is 768 g/mol. The molecule has 5 aliphatic rings. The summed E-state index contributed by atoms with van der Waals surface area (Å²) in [4.78, 5) is 84.7. The lowest BCUT2D eigenvalue weighted by molar-refractivity contribution is -0.136. The fourth-order valence-corrected chi connectivity index (χ4v) is 9.47. The van der Waals surface area contributed by atoms with Crippen molar-refractivity contribution in [1.29, 1.82) is 0 Å². The van der Waals surface area contributed by atoms with Gasteiger partial charge in [-0.2, -0.15) is 5.10 Å². The van der Waals surface area contributed by atoms with Crippen LogP contribution in [0.2, 0.25) is 5.02 Å². The van der Waals surface area contributed by atoms with Crippen molar-refractivity contribution in [3.63, 3.8) is 0 Å². The minimum Gasteiger partial charge on any atom is -0.378 e. The van der Waals surface area contributed by atoms with Gasteiger partial charge >= 0.3 is 0 Å². The molecule has 0 saturated carbocycles. The van der Waals surface area contributed by atoms with Gasteiger partial charge in [0.05, 0.1) is 28.7 Å². The zero-order chi connectivity index (χ0) is 38.6. The molecule has 55 heavy (non-hydrogen) atoms. The summed E-state index contributed by atoms with van der Waals surface area (Å²) in [5.41, 5.74) is 3.45.